The molecule has 5 nitrogen and oxygen atoms in total. The van der Waals surface area contributed by atoms with Crippen molar-refractivity contribution in [2.45, 2.75) is 13.1 Å². The summed E-state index contributed by atoms with van der Waals surface area (Å²) in [6.45, 7) is 4.82. The van der Waals surface area contributed by atoms with E-state index in [-0.39, 0.29) is 12.5 Å². The second-order valence-electron chi connectivity index (χ2n) is 6.35. The maximum absolute atomic E-state index is 12.1. The highest BCUT2D eigenvalue weighted by Gasteiger charge is 2.11. The normalized spacial score (nSPS) is 14.7. The van der Waals surface area contributed by atoms with Crippen LogP contribution in [0.2, 0.25) is 5.02 Å². The average molecular weight is 454 g/mol. The number of rotatable bonds is 7. The number of hydrogen-bond acceptors (Lipinski definition) is 4. The molecule has 0 aromatic heterocycles. The van der Waals surface area contributed by atoms with Gasteiger partial charge in [0.05, 0.1) is 17.7 Å². The molecule has 144 valence electrons. The van der Waals surface area contributed by atoms with Crippen molar-refractivity contribution < 1.29 is 14.3 Å². The number of amides is 1. The van der Waals surface area contributed by atoms with Crippen LogP contribution >= 0.6 is 27.5 Å². The van der Waals surface area contributed by atoms with Crippen molar-refractivity contribution in [2.24, 2.45) is 0 Å². The van der Waals surface area contributed by atoms with Crippen LogP contribution in [-0.4, -0.2) is 43.7 Å². The number of ether oxygens (including phenoxy) is 2. The third-order valence-electron chi connectivity index (χ3n) is 4.24. The van der Waals surface area contributed by atoms with Gasteiger partial charge in [0.15, 0.2) is 6.61 Å². The molecule has 0 spiro atoms. The number of carbonyl (C=O) groups excluding carboxylic acids is 1. The summed E-state index contributed by atoms with van der Waals surface area (Å²) in [4.78, 5) is 14.4. The van der Waals surface area contributed by atoms with E-state index in [1.54, 1.807) is 18.2 Å². The first kappa shape index (κ1) is 20.1. The third kappa shape index (κ3) is 6.50. The molecule has 1 heterocycles. The fourth-order valence-corrected chi connectivity index (χ4v) is 3.64. The van der Waals surface area contributed by atoms with E-state index in [1.807, 2.05) is 12.1 Å². The monoisotopic (exact) mass is 452 g/mol. The number of nitrogens with one attached hydrogen (secondary N) is 1. The summed E-state index contributed by atoms with van der Waals surface area (Å²) in [6.07, 6.45) is 0. The van der Waals surface area contributed by atoms with Crippen molar-refractivity contribution in [3.8, 4) is 5.75 Å². The van der Waals surface area contributed by atoms with Crippen molar-refractivity contribution in [3.05, 3.63) is 63.1 Å². The van der Waals surface area contributed by atoms with Gasteiger partial charge in [-0.3, -0.25) is 9.69 Å². The predicted octanol–water partition coefficient (Wildman–Crippen LogP) is 3.63. The molecule has 1 aliphatic heterocycles. The quantitative estimate of drug-likeness (QED) is 0.695. The highest BCUT2D eigenvalue weighted by molar-refractivity contribution is 9.10. The molecule has 27 heavy (non-hydrogen) atoms. The summed E-state index contributed by atoms with van der Waals surface area (Å²) >= 11 is 9.27. The van der Waals surface area contributed by atoms with Crippen molar-refractivity contribution in [2.75, 3.05) is 32.9 Å². The van der Waals surface area contributed by atoms with E-state index in [1.165, 1.54) is 5.56 Å². The minimum atomic E-state index is -0.171. The first-order valence-electron chi connectivity index (χ1n) is 8.82. The van der Waals surface area contributed by atoms with Crippen LogP contribution in [0.5, 0.6) is 5.75 Å². The Labute approximate surface area is 172 Å². The van der Waals surface area contributed by atoms with Gasteiger partial charge in [-0.15, -0.1) is 0 Å². The molecule has 0 aliphatic carbocycles. The van der Waals surface area contributed by atoms with Crippen LogP contribution in [0.25, 0.3) is 0 Å². The smallest absolute Gasteiger partial charge is 0.258 e. The highest BCUT2D eigenvalue weighted by atomic mass is 79.9. The molecule has 0 radical (unpaired) electrons. The van der Waals surface area contributed by atoms with Crippen LogP contribution in [0.1, 0.15) is 11.1 Å². The highest BCUT2D eigenvalue weighted by Crippen LogP contribution is 2.27. The van der Waals surface area contributed by atoms with Crippen LogP contribution in [0, 0.1) is 0 Å². The summed E-state index contributed by atoms with van der Waals surface area (Å²) in [5.74, 6) is 0.414. The second-order valence-corrected chi connectivity index (χ2v) is 7.64. The van der Waals surface area contributed by atoms with Crippen LogP contribution in [0.15, 0.2) is 46.9 Å². The van der Waals surface area contributed by atoms with Gasteiger partial charge in [-0.25, -0.2) is 0 Å². The minimum absolute atomic E-state index is 0.0479. The molecule has 2 aromatic rings. The Morgan fingerprint density at radius 3 is 2.74 bits per heavy atom. The Kier molecular flexibility index (Phi) is 7.52. The van der Waals surface area contributed by atoms with Gasteiger partial charge < -0.3 is 14.8 Å². The maximum atomic E-state index is 12.1. The molecule has 1 aliphatic rings. The van der Waals surface area contributed by atoms with Crippen LogP contribution in [0.4, 0.5) is 0 Å². The van der Waals surface area contributed by atoms with Gasteiger partial charge >= 0.3 is 0 Å². The lowest BCUT2D eigenvalue weighted by Crippen LogP contribution is -2.35. The number of carbonyl (C=O) groups is 1. The van der Waals surface area contributed by atoms with Crippen molar-refractivity contribution in [3.63, 3.8) is 0 Å². The predicted molar refractivity (Wildman–Crippen MR) is 109 cm³/mol. The van der Waals surface area contributed by atoms with Gasteiger partial charge in [0.25, 0.3) is 5.91 Å². The van der Waals surface area contributed by atoms with Crippen molar-refractivity contribution in [1.29, 1.82) is 0 Å². The summed E-state index contributed by atoms with van der Waals surface area (Å²) < 4.78 is 11.6. The molecule has 0 atom stereocenters. The fraction of sp³-hybridized carbons (Fsp3) is 0.350. The van der Waals surface area contributed by atoms with E-state index in [0.717, 1.165) is 42.9 Å². The molecular weight excluding hydrogens is 432 g/mol. The molecular formula is C20H22BrClN2O3. The summed E-state index contributed by atoms with van der Waals surface area (Å²) in [5.41, 5.74) is 2.31. The number of nitrogens with zero attached hydrogens (tertiary/aromatic N) is 1. The lowest BCUT2D eigenvalue weighted by atomic mass is 10.1. The lowest BCUT2D eigenvalue weighted by Gasteiger charge is -2.26. The standard InChI is InChI=1S/C20H22BrClN2O3/c21-18-11-17(22)4-5-19(18)27-14-20(25)23-12-15-2-1-3-16(10-15)13-24-6-8-26-9-7-24/h1-5,10-11H,6-9,12-14H2,(H,23,25). The zero-order valence-electron chi connectivity index (χ0n) is 14.9. The number of morpholine rings is 1. The molecule has 3 rings (SSSR count). The molecule has 7 heteroatoms. The van der Waals surface area contributed by atoms with E-state index in [9.17, 15) is 4.79 Å². The van der Waals surface area contributed by atoms with Gasteiger partial charge in [-0.1, -0.05) is 35.9 Å². The van der Waals surface area contributed by atoms with E-state index in [4.69, 9.17) is 21.1 Å². The number of hydrogen-bond donors (Lipinski definition) is 1. The van der Waals surface area contributed by atoms with Gasteiger partial charge in [0.2, 0.25) is 0 Å². The van der Waals surface area contributed by atoms with Gasteiger partial charge in [0.1, 0.15) is 5.75 Å². The Hall–Kier alpha value is -1.60. The van der Waals surface area contributed by atoms with Crippen LogP contribution in [-0.2, 0) is 22.6 Å². The summed E-state index contributed by atoms with van der Waals surface area (Å²) in [5, 5.41) is 3.50. The second kappa shape index (κ2) is 10.1. The Morgan fingerprint density at radius 2 is 1.96 bits per heavy atom. The Morgan fingerprint density at radius 1 is 1.19 bits per heavy atom. The molecule has 1 saturated heterocycles. The Balaban J connectivity index is 1.46. The van der Waals surface area contributed by atoms with Gasteiger partial charge in [-0.2, -0.15) is 0 Å². The molecule has 1 fully saturated rings. The zero-order valence-corrected chi connectivity index (χ0v) is 17.3. The SMILES string of the molecule is O=C(COc1ccc(Cl)cc1Br)NCc1cccc(CN2CCOCC2)c1. The van der Waals surface area contributed by atoms with Crippen molar-refractivity contribution >= 4 is 33.4 Å². The van der Waals surface area contributed by atoms with E-state index >= 15 is 0 Å². The summed E-state index contributed by atoms with van der Waals surface area (Å²) in [6, 6.07) is 13.5. The summed E-state index contributed by atoms with van der Waals surface area (Å²) in [7, 11) is 0. The molecule has 0 saturated carbocycles. The van der Waals surface area contributed by atoms with Crippen LogP contribution < -0.4 is 10.1 Å². The molecule has 1 N–H and O–H groups in total. The third-order valence-corrected chi connectivity index (χ3v) is 5.10. The van der Waals surface area contributed by atoms with E-state index in [2.05, 4.69) is 38.3 Å². The first-order chi connectivity index (χ1) is 13.1. The fourth-order valence-electron chi connectivity index (χ4n) is 2.84. The van der Waals surface area contributed by atoms with Gasteiger partial charge in [-0.05, 0) is 45.3 Å². The largest absolute Gasteiger partial charge is 0.483 e. The average Bonchev–Trinajstić information content (AvgIpc) is 2.67. The lowest BCUT2D eigenvalue weighted by molar-refractivity contribution is -0.123. The minimum Gasteiger partial charge on any atom is -0.483 e. The molecule has 0 bridgehead atoms. The topological polar surface area (TPSA) is 50.8 Å². The van der Waals surface area contributed by atoms with Crippen LogP contribution in [0.3, 0.4) is 0 Å². The first-order valence-corrected chi connectivity index (χ1v) is 10.00. The van der Waals surface area contributed by atoms with Gasteiger partial charge in [0, 0.05) is 31.2 Å². The maximum Gasteiger partial charge on any atom is 0.258 e. The number of halogens is 2. The van der Waals surface area contributed by atoms with Crippen molar-refractivity contribution in [1.82, 2.24) is 10.2 Å². The zero-order chi connectivity index (χ0) is 19.1. The van der Waals surface area contributed by atoms with E-state index in [0.29, 0.717) is 17.3 Å². The molecule has 1 amide bonds. The number of benzene rings is 2. The Bertz CT molecular complexity index is 782. The van der Waals surface area contributed by atoms with E-state index < -0.39 is 0 Å². The molecule has 2 aromatic carbocycles. The molecule has 0 unspecified atom stereocenters.